The molecule has 0 aliphatic heterocycles. The third-order valence-electron chi connectivity index (χ3n) is 0.879. The van der Waals surface area contributed by atoms with Crippen molar-refractivity contribution in [3.63, 3.8) is 0 Å². The first-order valence-corrected chi connectivity index (χ1v) is 2.62. The molecule has 4 nitrogen and oxygen atoms in total. The Morgan fingerprint density at radius 2 is 1.44 bits per heavy atom. The fraction of sp³-hybridized carbons (Fsp3) is 0.600. The molecule has 0 heterocycles. The second-order valence-corrected chi connectivity index (χ2v) is 1.52. The number of carbonyl (C=O) groups excluding carboxylic acids is 2. The quantitative estimate of drug-likeness (QED) is 0.465. The van der Waals surface area contributed by atoms with Crippen LogP contribution in [0, 0.1) is 0 Å². The van der Waals surface area contributed by atoms with Gasteiger partial charge in [-0.2, -0.15) is 0 Å². The van der Waals surface area contributed by atoms with Crippen molar-refractivity contribution < 1.29 is 9.59 Å². The number of hydrogen-bond donors (Lipinski definition) is 2. The molecule has 0 saturated heterocycles. The van der Waals surface area contributed by atoms with E-state index in [2.05, 4.69) is 10.6 Å². The normalized spacial score (nSPS) is 8.22. The Bertz CT molecular complexity index is 108. The highest BCUT2D eigenvalue weighted by Gasteiger charge is 2.03. The zero-order chi connectivity index (χ0) is 7.28. The van der Waals surface area contributed by atoms with Gasteiger partial charge in [-0.15, -0.1) is 0 Å². The van der Waals surface area contributed by atoms with Crippen LogP contribution < -0.4 is 10.6 Å². The maximum Gasteiger partial charge on any atom is 0.229 e. The Balaban J connectivity index is 3.47. The van der Waals surface area contributed by atoms with Crippen molar-refractivity contribution in [2.24, 2.45) is 0 Å². The largest absolute Gasteiger partial charge is 0.359 e. The molecule has 0 aliphatic rings. The van der Waals surface area contributed by atoms with E-state index in [0.717, 1.165) is 0 Å². The summed E-state index contributed by atoms with van der Waals surface area (Å²) in [5.41, 5.74) is 0. The number of carbonyl (C=O) groups is 2. The van der Waals surface area contributed by atoms with Gasteiger partial charge in [0.2, 0.25) is 11.8 Å². The van der Waals surface area contributed by atoms with Gasteiger partial charge in [-0.25, -0.2) is 0 Å². The molecule has 0 bridgehead atoms. The van der Waals surface area contributed by atoms with Gasteiger partial charge in [0.25, 0.3) is 0 Å². The number of rotatable bonds is 2. The van der Waals surface area contributed by atoms with Crippen LogP contribution in [0.5, 0.6) is 0 Å². The molecule has 0 aromatic rings. The van der Waals surface area contributed by atoms with Crippen LogP contribution in [0.15, 0.2) is 0 Å². The Kier molecular flexibility index (Phi) is 3.43. The van der Waals surface area contributed by atoms with Gasteiger partial charge in [-0.3, -0.25) is 9.59 Å². The van der Waals surface area contributed by atoms with E-state index >= 15 is 0 Å². The standard InChI is InChI=1S/C5H10N2O2/c1-6-4(8)3-5(9)7-2/h3H2,1-2H3,(H,6,8)(H,7,9). The van der Waals surface area contributed by atoms with E-state index in [1.54, 1.807) is 0 Å². The van der Waals surface area contributed by atoms with Crippen LogP contribution in [-0.4, -0.2) is 25.9 Å². The number of hydrogen-bond acceptors (Lipinski definition) is 2. The van der Waals surface area contributed by atoms with Crippen LogP contribution in [0.4, 0.5) is 0 Å². The minimum absolute atomic E-state index is 0.0903. The Morgan fingerprint density at radius 1 is 1.11 bits per heavy atom. The third kappa shape index (κ3) is 3.52. The maximum absolute atomic E-state index is 10.4. The molecule has 0 unspecified atom stereocenters. The predicted molar refractivity (Wildman–Crippen MR) is 32.8 cm³/mol. The van der Waals surface area contributed by atoms with Crippen LogP contribution >= 0.6 is 0 Å². The van der Waals surface area contributed by atoms with Gasteiger partial charge >= 0.3 is 0 Å². The second kappa shape index (κ2) is 3.88. The molecule has 0 fully saturated rings. The van der Waals surface area contributed by atoms with E-state index < -0.39 is 0 Å². The monoisotopic (exact) mass is 130 g/mol. The summed E-state index contributed by atoms with van der Waals surface area (Å²) in [5, 5.41) is 4.66. The summed E-state index contributed by atoms with van der Waals surface area (Å²) in [6.45, 7) is 0. The van der Waals surface area contributed by atoms with Crippen LogP contribution in [0.1, 0.15) is 6.42 Å². The SMILES string of the molecule is CNC(=O)CC(=O)NC. The van der Waals surface area contributed by atoms with Crippen LogP contribution in [0.25, 0.3) is 0 Å². The topological polar surface area (TPSA) is 58.2 Å². The average molecular weight is 130 g/mol. The van der Waals surface area contributed by atoms with Crippen LogP contribution in [-0.2, 0) is 9.59 Å². The van der Waals surface area contributed by atoms with Crippen molar-refractivity contribution >= 4 is 11.8 Å². The second-order valence-electron chi connectivity index (χ2n) is 1.52. The van der Waals surface area contributed by atoms with E-state index in [-0.39, 0.29) is 18.2 Å². The van der Waals surface area contributed by atoms with Gasteiger partial charge in [-0.05, 0) is 0 Å². The molecular weight excluding hydrogens is 120 g/mol. The lowest BCUT2D eigenvalue weighted by Crippen LogP contribution is -2.27. The molecule has 9 heavy (non-hydrogen) atoms. The summed E-state index contributed by atoms with van der Waals surface area (Å²) in [6.07, 6.45) is -0.0903. The summed E-state index contributed by atoms with van der Waals surface area (Å²) in [6, 6.07) is 0. The Morgan fingerprint density at radius 3 is 1.67 bits per heavy atom. The van der Waals surface area contributed by atoms with Crippen molar-refractivity contribution in [3.8, 4) is 0 Å². The fourth-order valence-electron chi connectivity index (χ4n) is 0.323. The average Bonchev–Trinajstić information content (AvgIpc) is 1.87. The summed E-state index contributed by atoms with van der Waals surface area (Å²) >= 11 is 0. The number of amides is 2. The van der Waals surface area contributed by atoms with E-state index in [9.17, 15) is 9.59 Å². The molecular formula is C5H10N2O2. The minimum atomic E-state index is -0.269. The van der Waals surface area contributed by atoms with Gasteiger partial charge in [0.1, 0.15) is 6.42 Å². The van der Waals surface area contributed by atoms with Crippen molar-refractivity contribution in [1.29, 1.82) is 0 Å². The fourth-order valence-corrected chi connectivity index (χ4v) is 0.323. The van der Waals surface area contributed by atoms with Crippen molar-refractivity contribution in [1.82, 2.24) is 10.6 Å². The highest BCUT2D eigenvalue weighted by atomic mass is 16.2. The molecule has 52 valence electrons. The molecule has 4 heteroatoms. The van der Waals surface area contributed by atoms with E-state index in [4.69, 9.17) is 0 Å². The zero-order valence-electron chi connectivity index (χ0n) is 5.52. The lowest BCUT2D eigenvalue weighted by atomic mass is 10.4. The van der Waals surface area contributed by atoms with E-state index in [1.807, 2.05) is 0 Å². The summed E-state index contributed by atoms with van der Waals surface area (Å²) < 4.78 is 0. The first-order valence-electron chi connectivity index (χ1n) is 2.62. The summed E-state index contributed by atoms with van der Waals surface area (Å²) in [5.74, 6) is -0.538. The van der Waals surface area contributed by atoms with Gasteiger partial charge in [0.15, 0.2) is 0 Å². The summed E-state index contributed by atoms with van der Waals surface area (Å²) in [7, 11) is 2.98. The minimum Gasteiger partial charge on any atom is -0.359 e. The van der Waals surface area contributed by atoms with Crippen molar-refractivity contribution in [2.45, 2.75) is 6.42 Å². The highest BCUT2D eigenvalue weighted by molar-refractivity contribution is 5.96. The van der Waals surface area contributed by atoms with Gasteiger partial charge in [0.05, 0.1) is 0 Å². The van der Waals surface area contributed by atoms with Crippen molar-refractivity contribution in [2.75, 3.05) is 14.1 Å². The lowest BCUT2D eigenvalue weighted by molar-refractivity contribution is -0.128. The van der Waals surface area contributed by atoms with Crippen LogP contribution in [0.2, 0.25) is 0 Å². The molecule has 2 N–H and O–H groups in total. The maximum atomic E-state index is 10.4. The molecule has 0 radical (unpaired) electrons. The Labute approximate surface area is 53.6 Å². The molecule has 0 rings (SSSR count). The lowest BCUT2D eigenvalue weighted by Gasteiger charge is -1.96. The third-order valence-corrected chi connectivity index (χ3v) is 0.879. The smallest absolute Gasteiger partial charge is 0.229 e. The van der Waals surface area contributed by atoms with Gasteiger partial charge in [0, 0.05) is 14.1 Å². The van der Waals surface area contributed by atoms with E-state index in [0.29, 0.717) is 0 Å². The van der Waals surface area contributed by atoms with Crippen molar-refractivity contribution in [3.05, 3.63) is 0 Å². The highest BCUT2D eigenvalue weighted by Crippen LogP contribution is 1.75. The first kappa shape index (κ1) is 7.94. The molecule has 0 saturated carbocycles. The van der Waals surface area contributed by atoms with Gasteiger partial charge < -0.3 is 10.6 Å². The Hall–Kier alpha value is -1.06. The molecule has 0 spiro atoms. The van der Waals surface area contributed by atoms with Crippen LogP contribution in [0.3, 0.4) is 0 Å². The van der Waals surface area contributed by atoms with E-state index in [1.165, 1.54) is 14.1 Å². The first-order chi connectivity index (χ1) is 4.20. The number of nitrogens with one attached hydrogen (secondary N) is 2. The molecule has 0 aromatic carbocycles. The zero-order valence-corrected chi connectivity index (χ0v) is 5.52. The molecule has 0 aliphatic carbocycles. The molecule has 2 amide bonds. The predicted octanol–water partition coefficient (Wildman–Crippen LogP) is -1.13. The molecule has 0 atom stereocenters. The molecule has 0 aromatic heterocycles. The van der Waals surface area contributed by atoms with Gasteiger partial charge in [-0.1, -0.05) is 0 Å². The summed E-state index contributed by atoms with van der Waals surface area (Å²) in [4.78, 5) is 20.8.